The maximum atomic E-state index is 12.7. The number of carbonyl (C=O) groups excluding carboxylic acids is 2. The van der Waals surface area contributed by atoms with E-state index in [4.69, 9.17) is 0 Å². The molecule has 0 aliphatic heterocycles. The Balaban J connectivity index is 1.84. The van der Waals surface area contributed by atoms with Crippen molar-refractivity contribution in [2.75, 3.05) is 11.9 Å². The van der Waals surface area contributed by atoms with Crippen molar-refractivity contribution in [1.29, 1.82) is 0 Å². The number of nitrogens with zero attached hydrogens (tertiary/aromatic N) is 2. The van der Waals surface area contributed by atoms with Gasteiger partial charge in [0.05, 0.1) is 6.54 Å². The molecule has 0 aliphatic rings. The van der Waals surface area contributed by atoms with Crippen LogP contribution >= 0.6 is 0 Å². The van der Waals surface area contributed by atoms with Crippen molar-refractivity contribution in [1.82, 2.24) is 15.1 Å². The van der Waals surface area contributed by atoms with E-state index < -0.39 is 11.7 Å². The number of carbonyl (C=O) groups is 2. The molecule has 1 aromatic carbocycles. The highest BCUT2D eigenvalue weighted by molar-refractivity contribution is 5.98. The number of nitrogens with one attached hydrogen (secondary N) is 2. The molecule has 2 amide bonds. The molecule has 0 unspecified atom stereocenters. The fourth-order valence-corrected chi connectivity index (χ4v) is 1.53. The van der Waals surface area contributed by atoms with Gasteiger partial charge in [0.1, 0.15) is 5.82 Å². The number of anilines is 1. The first-order valence-electron chi connectivity index (χ1n) is 5.88. The number of aromatic nitrogens is 2. The average molecular weight is 276 g/mol. The van der Waals surface area contributed by atoms with Gasteiger partial charge in [-0.25, -0.2) is 4.39 Å². The summed E-state index contributed by atoms with van der Waals surface area (Å²) in [7, 11) is 1.73. The van der Waals surface area contributed by atoms with Gasteiger partial charge in [0, 0.05) is 24.9 Å². The number of hydrogen-bond acceptors (Lipinski definition) is 3. The van der Waals surface area contributed by atoms with Crippen molar-refractivity contribution < 1.29 is 14.0 Å². The van der Waals surface area contributed by atoms with Crippen molar-refractivity contribution in [3.05, 3.63) is 47.9 Å². The Morgan fingerprint density at radius 3 is 2.55 bits per heavy atom. The molecular weight excluding hydrogens is 263 g/mol. The molecule has 1 aromatic heterocycles. The van der Waals surface area contributed by atoms with Crippen LogP contribution in [0.25, 0.3) is 0 Å². The number of aryl methyl sites for hydroxylation is 1. The van der Waals surface area contributed by atoms with Gasteiger partial charge < -0.3 is 10.6 Å². The van der Waals surface area contributed by atoms with Crippen molar-refractivity contribution in [2.24, 2.45) is 7.05 Å². The lowest BCUT2D eigenvalue weighted by atomic mass is 10.2. The molecule has 7 heteroatoms. The van der Waals surface area contributed by atoms with E-state index in [0.717, 1.165) is 0 Å². The summed E-state index contributed by atoms with van der Waals surface area (Å²) in [5, 5.41) is 8.95. The first kappa shape index (κ1) is 13.7. The molecule has 0 aliphatic carbocycles. The van der Waals surface area contributed by atoms with Crippen LogP contribution in [0, 0.1) is 5.82 Å². The molecule has 2 aromatic rings. The molecule has 6 nitrogen and oxygen atoms in total. The lowest BCUT2D eigenvalue weighted by Gasteiger charge is -2.05. The third kappa shape index (κ3) is 3.64. The van der Waals surface area contributed by atoms with Crippen LogP contribution in [-0.2, 0) is 11.8 Å². The summed E-state index contributed by atoms with van der Waals surface area (Å²) < 4.78 is 14.3. The van der Waals surface area contributed by atoms with Crippen LogP contribution in [0.3, 0.4) is 0 Å². The fraction of sp³-hybridized carbons (Fsp3) is 0.154. The van der Waals surface area contributed by atoms with Crippen LogP contribution in [0.1, 0.15) is 10.4 Å². The van der Waals surface area contributed by atoms with Gasteiger partial charge in [-0.3, -0.25) is 14.3 Å². The zero-order chi connectivity index (χ0) is 14.5. The molecule has 20 heavy (non-hydrogen) atoms. The van der Waals surface area contributed by atoms with Crippen molar-refractivity contribution in [2.45, 2.75) is 0 Å². The Kier molecular flexibility index (Phi) is 4.09. The van der Waals surface area contributed by atoms with Crippen LogP contribution in [-0.4, -0.2) is 28.1 Å². The highest BCUT2D eigenvalue weighted by atomic mass is 19.1. The van der Waals surface area contributed by atoms with Crippen LogP contribution in [0.2, 0.25) is 0 Å². The van der Waals surface area contributed by atoms with Crippen LogP contribution in [0.4, 0.5) is 10.2 Å². The molecule has 2 rings (SSSR count). The second-order valence-corrected chi connectivity index (χ2v) is 4.11. The molecule has 104 valence electrons. The first-order chi connectivity index (χ1) is 9.54. The Morgan fingerprint density at radius 2 is 1.95 bits per heavy atom. The fourth-order valence-electron chi connectivity index (χ4n) is 1.53. The second kappa shape index (κ2) is 5.96. The molecule has 0 atom stereocenters. The number of amides is 2. The average Bonchev–Trinajstić information content (AvgIpc) is 2.82. The molecular formula is C13H13FN4O2. The smallest absolute Gasteiger partial charge is 0.251 e. The van der Waals surface area contributed by atoms with E-state index in [0.29, 0.717) is 5.82 Å². The van der Waals surface area contributed by atoms with Crippen LogP contribution in [0.5, 0.6) is 0 Å². The quantitative estimate of drug-likeness (QED) is 0.872. The van der Waals surface area contributed by atoms with Gasteiger partial charge in [-0.15, -0.1) is 0 Å². The van der Waals surface area contributed by atoms with Crippen LogP contribution in [0.15, 0.2) is 36.5 Å². The largest absolute Gasteiger partial charge is 0.343 e. The second-order valence-electron chi connectivity index (χ2n) is 4.11. The molecule has 0 spiro atoms. The Morgan fingerprint density at radius 1 is 1.25 bits per heavy atom. The number of halogens is 1. The first-order valence-corrected chi connectivity index (χ1v) is 5.88. The van der Waals surface area contributed by atoms with E-state index in [2.05, 4.69) is 15.7 Å². The Hall–Kier alpha value is -2.70. The summed E-state index contributed by atoms with van der Waals surface area (Å²) >= 11 is 0. The van der Waals surface area contributed by atoms with E-state index in [-0.39, 0.29) is 18.0 Å². The minimum Gasteiger partial charge on any atom is -0.343 e. The van der Waals surface area contributed by atoms with Gasteiger partial charge in [0.25, 0.3) is 5.91 Å². The molecule has 0 saturated heterocycles. The van der Waals surface area contributed by atoms with Gasteiger partial charge in [-0.1, -0.05) is 0 Å². The van der Waals surface area contributed by atoms with Gasteiger partial charge in [-0.2, -0.15) is 5.10 Å². The molecule has 0 radical (unpaired) electrons. The van der Waals surface area contributed by atoms with Gasteiger partial charge >= 0.3 is 0 Å². The number of rotatable bonds is 4. The molecule has 0 saturated carbocycles. The van der Waals surface area contributed by atoms with Crippen LogP contribution < -0.4 is 10.6 Å². The van der Waals surface area contributed by atoms with E-state index in [9.17, 15) is 14.0 Å². The third-order valence-electron chi connectivity index (χ3n) is 2.50. The summed E-state index contributed by atoms with van der Waals surface area (Å²) in [6.07, 6.45) is 1.69. The standard InChI is InChI=1S/C13H13FN4O2/c1-18-7-6-11(17-18)16-12(19)8-15-13(20)9-2-4-10(14)5-3-9/h2-7H,8H2,1H3,(H,15,20)(H,16,17,19). The summed E-state index contributed by atoms with van der Waals surface area (Å²) in [5.41, 5.74) is 0.289. The molecule has 2 N–H and O–H groups in total. The monoisotopic (exact) mass is 276 g/mol. The molecule has 0 bridgehead atoms. The van der Waals surface area contributed by atoms with Crippen molar-refractivity contribution in [3.8, 4) is 0 Å². The zero-order valence-electron chi connectivity index (χ0n) is 10.8. The summed E-state index contributed by atoms with van der Waals surface area (Å²) in [5.74, 6) is -0.844. The lowest BCUT2D eigenvalue weighted by molar-refractivity contribution is -0.115. The maximum Gasteiger partial charge on any atom is 0.251 e. The Labute approximate surface area is 114 Å². The minimum absolute atomic E-state index is 0.188. The van der Waals surface area contributed by atoms with Crippen molar-refractivity contribution in [3.63, 3.8) is 0 Å². The summed E-state index contributed by atoms with van der Waals surface area (Å²) in [6, 6.07) is 6.70. The summed E-state index contributed by atoms with van der Waals surface area (Å²) in [6.45, 7) is -0.188. The molecule has 0 fully saturated rings. The number of hydrogen-bond donors (Lipinski definition) is 2. The van der Waals surface area contributed by atoms with E-state index >= 15 is 0 Å². The third-order valence-corrected chi connectivity index (χ3v) is 2.50. The normalized spacial score (nSPS) is 10.1. The predicted molar refractivity (Wildman–Crippen MR) is 70.6 cm³/mol. The van der Waals surface area contributed by atoms with E-state index in [1.54, 1.807) is 24.0 Å². The van der Waals surface area contributed by atoms with Gasteiger partial charge in [-0.05, 0) is 24.3 Å². The highest BCUT2D eigenvalue weighted by Crippen LogP contribution is 2.03. The lowest BCUT2D eigenvalue weighted by Crippen LogP contribution is -2.32. The minimum atomic E-state index is -0.443. The molecule has 1 heterocycles. The van der Waals surface area contributed by atoms with E-state index in [1.807, 2.05) is 0 Å². The Bertz CT molecular complexity index is 622. The number of benzene rings is 1. The maximum absolute atomic E-state index is 12.7. The van der Waals surface area contributed by atoms with Gasteiger partial charge in [0.15, 0.2) is 5.82 Å². The van der Waals surface area contributed by atoms with Crippen molar-refractivity contribution >= 4 is 17.6 Å². The highest BCUT2D eigenvalue weighted by Gasteiger charge is 2.09. The van der Waals surface area contributed by atoms with E-state index in [1.165, 1.54) is 24.3 Å². The topological polar surface area (TPSA) is 76.0 Å². The predicted octanol–water partition coefficient (Wildman–Crippen LogP) is 0.928. The van der Waals surface area contributed by atoms with Gasteiger partial charge in [0.2, 0.25) is 5.91 Å². The zero-order valence-corrected chi connectivity index (χ0v) is 10.8. The SMILES string of the molecule is Cn1ccc(NC(=O)CNC(=O)c2ccc(F)cc2)n1. The summed E-state index contributed by atoms with van der Waals surface area (Å²) in [4.78, 5) is 23.3.